The van der Waals surface area contributed by atoms with Crippen LogP contribution in [0.4, 0.5) is 11.4 Å². The number of fused-ring (bicyclic) bond motifs is 6. The molecule has 79 heavy (non-hydrogen) atoms. The number of nitrogens with zero attached hydrogens (tertiary/aromatic N) is 3. The van der Waals surface area contributed by atoms with Gasteiger partial charge < -0.3 is 23.8 Å². The van der Waals surface area contributed by atoms with Crippen LogP contribution in [0.2, 0.25) is 0 Å². The number of carbonyl (C=O) groups excluding carboxylic acids is 3. The lowest BCUT2D eigenvalue weighted by atomic mass is 9.74. The largest absolute Gasteiger partial charge is 0.744 e. The number of amides is 2. The molecule has 5 aromatic rings. The van der Waals surface area contributed by atoms with E-state index in [1.165, 1.54) is 43.5 Å². The van der Waals surface area contributed by atoms with Crippen molar-refractivity contribution in [3.63, 3.8) is 0 Å². The maximum Gasteiger partial charge on any atom is 0.363 e. The van der Waals surface area contributed by atoms with E-state index in [2.05, 4.69) is 4.58 Å². The fourth-order valence-corrected chi connectivity index (χ4v) is 13.2. The summed E-state index contributed by atoms with van der Waals surface area (Å²) in [6.45, 7) is 6.47. The minimum absolute atomic E-state index is 0.00184. The van der Waals surface area contributed by atoms with Crippen molar-refractivity contribution in [3.05, 3.63) is 131 Å². The van der Waals surface area contributed by atoms with Crippen LogP contribution in [0.5, 0.6) is 0 Å². The highest BCUT2D eigenvalue weighted by Gasteiger charge is 2.49. The molecule has 25 heteroatoms. The lowest BCUT2D eigenvalue weighted by molar-refractivity contribution is -0.437. The Kier molecular flexibility index (Phi) is 16.5. The zero-order chi connectivity index (χ0) is 57.6. The van der Waals surface area contributed by atoms with E-state index in [1.807, 2.05) is 32.1 Å². The van der Waals surface area contributed by atoms with E-state index in [9.17, 15) is 66.3 Å². The molecule has 3 N–H and O–H groups in total. The van der Waals surface area contributed by atoms with Crippen molar-refractivity contribution in [2.45, 2.75) is 84.8 Å². The second-order valence-corrected chi connectivity index (χ2v) is 25.5. The van der Waals surface area contributed by atoms with Gasteiger partial charge in [-0.05, 0) is 127 Å². The summed E-state index contributed by atoms with van der Waals surface area (Å²) in [5, 5.41) is 1.56. The van der Waals surface area contributed by atoms with Crippen molar-refractivity contribution in [2.24, 2.45) is 0 Å². The Hall–Kier alpha value is -6.52. The minimum Gasteiger partial charge on any atom is -0.744 e. The summed E-state index contributed by atoms with van der Waals surface area (Å²) in [5.74, 6) is -3.00. The molecule has 1 fully saturated rings. The fraction of sp³-hybridized carbons (Fsp3) is 0.333. The number of methoxy groups -OCH3 is 2. The number of imide groups is 1. The number of allylic oxidation sites excluding steroid dienone is 6. The van der Waals surface area contributed by atoms with Crippen molar-refractivity contribution in [1.82, 2.24) is 5.06 Å². The molecule has 0 spiro atoms. The molecule has 21 nitrogen and oxygen atoms in total. The normalized spacial score (nSPS) is 19.7. The molecule has 0 aromatic heterocycles. The van der Waals surface area contributed by atoms with Gasteiger partial charge in [0, 0.05) is 93.1 Å². The van der Waals surface area contributed by atoms with Gasteiger partial charge in [0.2, 0.25) is 5.69 Å². The zero-order valence-corrected chi connectivity index (χ0v) is 46.8. The second-order valence-electron chi connectivity index (χ2n) is 19.7. The van der Waals surface area contributed by atoms with Crippen LogP contribution >= 0.6 is 0 Å². The van der Waals surface area contributed by atoms with Crippen LogP contribution in [0.15, 0.2) is 124 Å². The molecule has 3 aliphatic heterocycles. The van der Waals surface area contributed by atoms with Crippen molar-refractivity contribution in [2.75, 3.05) is 51.2 Å². The van der Waals surface area contributed by atoms with Crippen LogP contribution in [-0.4, -0.2) is 131 Å². The molecule has 3 aliphatic rings. The predicted molar refractivity (Wildman–Crippen MR) is 290 cm³/mol. The number of hydrogen-bond donors (Lipinski definition) is 3. The quantitative estimate of drug-likeness (QED) is 0.0287. The Labute approximate surface area is 457 Å². The second kappa shape index (κ2) is 22.2. The first-order valence-electron chi connectivity index (χ1n) is 24.8. The van der Waals surface area contributed by atoms with Crippen LogP contribution in [0.1, 0.15) is 86.3 Å². The molecule has 0 radical (unpaired) electrons. The van der Waals surface area contributed by atoms with Gasteiger partial charge in [0.15, 0.2) is 5.71 Å². The van der Waals surface area contributed by atoms with Gasteiger partial charge in [-0.3, -0.25) is 23.2 Å². The molecule has 0 saturated carbocycles. The van der Waals surface area contributed by atoms with E-state index in [-0.39, 0.29) is 61.8 Å². The molecule has 5 aromatic carbocycles. The van der Waals surface area contributed by atoms with E-state index in [4.69, 9.17) is 14.3 Å². The molecule has 3 heterocycles. The number of hydroxylamine groups is 2. The predicted octanol–water partition coefficient (Wildman–Crippen LogP) is 7.03. The first-order valence-corrected chi connectivity index (χ1v) is 30.7. The molecular weight excluding hydrogens is 1110 g/mol. The molecule has 0 aliphatic carbocycles. The van der Waals surface area contributed by atoms with E-state index in [0.717, 1.165) is 23.0 Å². The number of rotatable bonds is 21. The van der Waals surface area contributed by atoms with Gasteiger partial charge in [0.05, 0.1) is 26.5 Å². The number of ether oxygens (including phenoxy) is 2. The zero-order valence-electron chi connectivity index (χ0n) is 43.5. The summed E-state index contributed by atoms with van der Waals surface area (Å²) in [6.07, 6.45) is 7.91. The van der Waals surface area contributed by atoms with Crippen LogP contribution in [0.3, 0.4) is 0 Å². The summed E-state index contributed by atoms with van der Waals surface area (Å²) >= 11 is 0. The Morgan fingerprint density at radius 3 is 1.96 bits per heavy atom. The van der Waals surface area contributed by atoms with Crippen molar-refractivity contribution in [1.29, 1.82) is 0 Å². The van der Waals surface area contributed by atoms with Crippen molar-refractivity contribution >= 4 is 102 Å². The monoisotopic (exact) mass is 1160 g/mol. The maximum absolute atomic E-state index is 13.4. The fourth-order valence-electron chi connectivity index (χ4n) is 10.8. The molecule has 8 rings (SSSR count). The minimum atomic E-state index is -5.13. The Morgan fingerprint density at radius 2 is 1.37 bits per heavy atom. The third kappa shape index (κ3) is 11.7. The smallest absolute Gasteiger partial charge is 0.363 e. The summed E-state index contributed by atoms with van der Waals surface area (Å²) in [5.41, 5.74) is 2.13. The molecule has 2 atom stereocenters. The van der Waals surface area contributed by atoms with Crippen LogP contribution in [0, 0.1) is 0 Å². The summed E-state index contributed by atoms with van der Waals surface area (Å²) in [6, 6.07) is 18.7. The molecule has 420 valence electrons. The average Bonchev–Trinajstić information content (AvgIpc) is 4.00. The third-order valence-electron chi connectivity index (χ3n) is 14.6. The topological polar surface area (TPSA) is 309 Å². The summed E-state index contributed by atoms with van der Waals surface area (Å²) in [4.78, 5) is 42.9. The first-order chi connectivity index (χ1) is 37.0. The van der Waals surface area contributed by atoms with Crippen LogP contribution < -0.4 is 4.90 Å². The van der Waals surface area contributed by atoms with Crippen LogP contribution in [-0.2, 0) is 75.2 Å². The standard InChI is InChI=1S/C54H57N3O18S4/c1-6-26-55-43-18-13-36-12-16-38(77(64,65)66)31-41(36)50(43)53(2,24-28-73-4)46(55)20-14-35(34-8-10-37(11-9-34)52(60)75-57-48(58)22-23-49(57)59)15-21-47-54(3,25-29-74-5)51-42-32-39(78(67,68)69)33-45(79(70,71)72)40(42)17-19-44(51)56(47)27-7-30-76(61,62)63/h8-21,31-33H,6-7,22-30H2,1-5H3,(H3-,61,62,63,64,65,66,67,68,69,70,71,72). The maximum atomic E-state index is 13.4. The highest BCUT2D eigenvalue weighted by molar-refractivity contribution is 7.87. The van der Waals surface area contributed by atoms with Crippen molar-refractivity contribution < 1.29 is 85.2 Å². The summed E-state index contributed by atoms with van der Waals surface area (Å²) in [7, 11) is -16.6. The SMILES string of the molecule is CCC[N+]1=C(/C=C/C(=C/C=C2/N(CCCS(=O)(=O)O)c3ccc4c(S(=O)(=O)O)cc(S(=O)(=O)O)cc4c3C2(C)CCOC)c2ccc(C(=O)ON3C(=O)CCC3=O)cc2)C(C)(CCOC)c2c1ccc1ccc(S(=O)(=O)[O-])cc21. The number of hydrogen-bond acceptors (Lipinski definition) is 16. The average molecular weight is 1160 g/mol. The highest BCUT2D eigenvalue weighted by atomic mass is 32.2. The molecule has 2 unspecified atom stereocenters. The van der Waals surface area contributed by atoms with Crippen molar-refractivity contribution in [3.8, 4) is 0 Å². The van der Waals surface area contributed by atoms with E-state index >= 15 is 0 Å². The van der Waals surface area contributed by atoms with Gasteiger partial charge in [-0.2, -0.15) is 29.8 Å². The number of carbonyl (C=O) groups is 3. The molecule has 2 amide bonds. The lowest BCUT2D eigenvalue weighted by Gasteiger charge is -2.30. The van der Waals surface area contributed by atoms with E-state index in [1.54, 1.807) is 55.4 Å². The van der Waals surface area contributed by atoms with Gasteiger partial charge in [-0.1, -0.05) is 37.3 Å². The molecular formula is C54H57N3O18S4. The Balaban J connectivity index is 1.38. The van der Waals surface area contributed by atoms with Gasteiger partial charge in [-0.25, -0.2) is 13.2 Å². The highest BCUT2D eigenvalue weighted by Crippen LogP contribution is 2.54. The van der Waals surface area contributed by atoms with Gasteiger partial charge >= 0.3 is 5.97 Å². The third-order valence-corrected chi connectivity index (χ3v) is 18.0. The summed E-state index contributed by atoms with van der Waals surface area (Å²) < 4.78 is 157. The number of benzene rings is 5. The number of anilines is 1. The first kappa shape index (κ1) is 58.6. The van der Waals surface area contributed by atoms with E-state index < -0.39 is 89.5 Å². The van der Waals surface area contributed by atoms with E-state index in [0.29, 0.717) is 69.4 Å². The molecule has 0 bridgehead atoms. The Bertz CT molecular complexity index is 3930. The molecule has 1 saturated heterocycles. The lowest BCUT2D eigenvalue weighted by Crippen LogP contribution is -2.33. The Morgan fingerprint density at radius 1 is 0.747 bits per heavy atom. The van der Waals surface area contributed by atoms with Gasteiger partial charge in [0.25, 0.3) is 42.2 Å². The van der Waals surface area contributed by atoms with Gasteiger partial charge in [-0.15, -0.1) is 5.06 Å². The van der Waals surface area contributed by atoms with Crippen LogP contribution in [0.25, 0.3) is 27.1 Å². The van der Waals surface area contributed by atoms with Gasteiger partial charge in [0.1, 0.15) is 21.6 Å².